The van der Waals surface area contributed by atoms with Crippen LogP contribution in [0, 0.1) is 11.7 Å². The van der Waals surface area contributed by atoms with Gasteiger partial charge in [0.05, 0.1) is 10.5 Å². The molecule has 1 aromatic rings. The average Bonchev–Trinajstić information content (AvgIpc) is 2.37. The van der Waals surface area contributed by atoms with Gasteiger partial charge in [-0.05, 0) is 64.2 Å². The molecule has 118 valence electrons. The van der Waals surface area contributed by atoms with E-state index in [-0.39, 0.29) is 22.6 Å². The molecule has 0 unspecified atom stereocenters. The van der Waals surface area contributed by atoms with E-state index in [0.29, 0.717) is 0 Å². The maximum absolute atomic E-state index is 13.2. The second-order valence-electron chi connectivity index (χ2n) is 7.13. The molecule has 0 radical (unpaired) electrons. The van der Waals surface area contributed by atoms with Crippen LogP contribution in [-0.2, 0) is 0 Å². The zero-order valence-corrected chi connectivity index (χ0v) is 14.2. The van der Waals surface area contributed by atoms with E-state index >= 15 is 0 Å². The minimum Gasteiger partial charge on any atom is -0.390 e. The molecule has 1 aliphatic rings. The van der Waals surface area contributed by atoms with Gasteiger partial charge in [-0.2, -0.15) is 12.6 Å². The Balaban J connectivity index is 2.31. The smallest absolute Gasteiger partial charge is 0.123 e. The number of piperidine rings is 1. The van der Waals surface area contributed by atoms with E-state index in [2.05, 4.69) is 18.7 Å². The molecule has 1 N–H and O–H groups in total. The number of likely N-dealkylation sites (tertiary alicyclic amines) is 1. The van der Waals surface area contributed by atoms with Crippen LogP contribution in [0.15, 0.2) is 24.3 Å². The molecule has 1 fully saturated rings. The molecule has 0 saturated carbocycles. The van der Waals surface area contributed by atoms with Crippen LogP contribution in [0.1, 0.15) is 52.1 Å². The third-order valence-corrected chi connectivity index (χ3v) is 4.82. The molecule has 0 spiro atoms. The van der Waals surface area contributed by atoms with Crippen LogP contribution in [0.3, 0.4) is 0 Å². The average molecular weight is 311 g/mol. The molecular weight excluding hydrogens is 285 g/mol. The maximum atomic E-state index is 13.2. The number of aliphatic hydroxyl groups is 1. The number of thiol groups is 1. The lowest BCUT2D eigenvalue weighted by molar-refractivity contribution is -0.0402. The van der Waals surface area contributed by atoms with Crippen molar-refractivity contribution in [1.29, 1.82) is 0 Å². The molecule has 1 saturated heterocycles. The highest BCUT2D eigenvalue weighted by Crippen LogP contribution is 2.42. The van der Waals surface area contributed by atoms with Crippen LogP contribution < -0.4 is 0 Å². The van der Waals surface area contributed by atoms with Crippen molar-refractivity contribution < 1.29 is 9.50 Å². The second kappa shape index (κ2) is 5.90. The molecule has 2 nitrogen and oxygen atoms in total. The van der Waals surface area contributed by atoms with Crippen molar-refractivity contribution in [2.75, 3.05) is 6.54 Å². The standard InChI is InChI=1S/C17H26FNOS/c1-16(2,20)13-9-10-19(17(3,4)21)15(11-13)12-5-7-14(18)8-6-12/h5-8,13,15,20-21H,9-11H2,1-4H3/t13-,15+/m0/s1. The third-order valence-electron chi connectivity index (χ3n) is 4.56. The van der Waals surface area contributed by atoms with Crippen LogP contribution in [-0.4, -0.2) is 27.0 Å². The summed E-state index contributed by atoms with van der Waals surface area (Å²) in [5.41, 5.74) is 0.401. The number of hydrogen-bond donors (Lipinski definition) is 2. The molecule has 2 atom stereocenters. The Morgan fingerprint density at radius 3 is 2.24 bits per heavy atom. The van der Waals surface area contributed by atoms with E-state index in [1.807, 2.05) is 26.0 Å². The van der Waals surface area contributed by atoms with E-state index < -0.39 is 5.60 Å². The minimum atomic E-state index is -0.689. The number of benzene rings is 1. The van der Waals surface area contributed by atoms with Crippen molar-refractivity contribution in [2.45, 2.75) is 57.1 Å². The number of nitrogens with zero attached hydrogens (tertiary/aromatic N) is 1. The van der Waals surface area contributed by atoms with E-state index in [0.717, 1.165) is 24.9 Å². The Bertz CT molecular complexity index is 475. The Kier molecular flexibility index (Phi) is 4.72. The molecule has 0 aliphatic carbocycles. The van der Waals surface area contributed by atoms with Gasteiger partial charge in [0.25, 0.3) is 0 Å². The Morgan fingerprint density at radius 2 is 1.76 bits per heavy atom. The van der Waals surface area contributed by atoms with Gasteiger partial charge in [0.1, 0.15) is 5.82 Å². The lowest BCUT2D eigenvalue weighted by Crippen LogP contribution is -2.49. The Labute approximate surface area is 132 Å². The van der Waals surface area contributed by atoms with Crippen molar-refractivity contribution in [3.63, 3.8) is 0 Å². The number of hydrogen-bond acceptors (Lipinski definition) is 3. The number of halogens is 1. The molecule has 0 amide bonds. The van der Waals surface area contributed by atoms with Gasteiger partial charge in [0.2, 0.25) is 0 Å². The SMILES string of the molecule is CC(C)(O)[C@H]1CCN(C(C)(C)S)[C@@H](c2ccc(F)cc2)C1. The monoisotopic (exact) mass is 311 g/mol. The zero-order chi connectivity index (χ0) is 15.8. The molecule has 1 aliphatic heterocycles. The molecular formula is C17H26FNOS. The van der Waals surface area contributed by atoms with Gasteiger partial charge in [0.15, 0.2) is 0 Å². The van der Waals surface area contributed by atoms with Crippen LogP contribution in [0.2, 0.25) is 0 Å². The van der Waals surface area contributed by atoms with Crippen molar-refractivity contribution in [1.82, 2.24) is 4.90 Å². The molecule has 1 aromatic carbocycles. The van der Waals surface area contributed by atoms with E-state index in [4.69, 9.17) is 12.6 Å². The summed E-state index contributed by atoms with van der Waals surface area (Å²) in [6, 6.07) is 6.86. The zero-order valence-electron chi connectivity index (χ0n) is 13.3. The van der Waals surface area contributed by atoms with Crippen LogP contribution >= 0.6 is 12.6 Å². The van der Waals surface area contributed by atoms with Crippen molar-refractivity contribution in [3.05, 3.63) is 35.6 Å². The summed E-state index contributed by atoms with van der Waals surface area (Å²) in [6.45, 7) is 8.79. The second-order valence-corrected chi connectivity index (χ2v) is 8.22. The first-order valence-electron chi connectivity index (χ1n) is 7.56. The quantitative estimate of drug-likeness (QED) is 0.824. The Morgan fingerprint density at radius 1 is 1.19 bits per heavy atom. The summed E-state index contributed by atoms with van der Waals surface area (Å²) < 4.78 is 13.2. The number of rotatable bonds is 3. The molecule has 21 heavy (non-hydrogen) atoms. The summed E-state index contributed by atoms with van der Waals surface area (Å²) >= 11 is 4.72. The van der Waals surface area contributed by atoms with Gasteiger partial charge in [-0.3, -0.25) is 4.90 Å². The van der Waals surface area contributed by atoms with Gasteiger partial charge in [-0.25, -0.2) is 4.39 Å². The van der Waals surface area contributed by atoms with Crippen LogP contribution in [0.5, 0.6) is 0 Å². The highest BCUT2D eigenvalue weighted by molar-refractivity contribution is 7.81. The van der Waals surface area contributed by atoms with Gasteiger partial charge in [-0.1, -0.05) is 12.1 Å². The summed E-state index contributed by atoms with van der Waals surface area (Å²) in [7, 11) is 0. The molecule has 1 heterocycles. The third kappa shape index (κ3) is 3.99. The van der Waals surface area contributed by atoms with Gasteiger partial charge < -0.3 is 5.11 Å². The summed E-state index contributed by atoms with van der Waals surface area (Å²) in [5, 5.41) is 10.3. The van der Waals surface area contributed by atoms with Crippen molar-refractivity contribution in [2.24, 2.45) is 5.92 Å². The van der Waals surface area contributed by atoms with Gasteiger partial charge in [-0.15, -0.1) is 0 Å². The summed E-state index contributed by atoms with van der Waals surface area (Å²) in [6.07, 6.45) is 1.81. The van der Waals surface area contributed by atoms with Crippen LogP contribution in [0.25, 0.3) is 0 Å². The topological polar surface area (TPSA) is 23.5 Å². The first-order chi connectivity index (χ1) is 9.59. The molecule has 0 aromatic heterocycles. The fraction of sp³-hybridized carbons (Fsp3) is 0.647. The first kappa shape index (κ1) is 16.8. The summed E-state index contributed by atoms with van der Waals surface area (Å²) in [5.74, 6) is 0.0183. The normalized spacial score (nSPS) is 25.1. The van der Waals surface area contributed by atoms with E-state index in [9.17, 15) is 9.50 Å². The predicted octanol–water partition coefficient (Wildman–Crippen LogP) is 4.02. The summed E-state index contributed by atoms with van der Waals surface area (Å²) in [4.78, 5) is 2.09. The maximum Gasteiger partial charge on any atom is 0.123 e. The van der Waals surface area contributed by atoms with E-state index in [1.54, 1.807) is 0 Å². The van der Waals surface area contributed by atoms with Gasteiger partial charge in [0, 0.05) is 12.6 Å². The lowest BCUT2D eigenvalue weighted by atomic mass is 9.78. The Hall–Kier alpha value is -0.580. The lowest BCUT2D eigenvalue weighted by Gasteiger charge is -2.48. The largest absolute Gasteiger partial charge is 0.390 e. The van der Waals surface area contributed by atoms with Crippen molar-refractivity contribution in [3.8, 4) is 0 Å². The predicted molar refractivity (Wildman–Crippen MR) is 87.9 cm³/mol. The fourth-order valence-corrected chi connectivity index (χ4v) is 3.50. The fourth-order valence-electron chi connectivity index (χ4n) is 3.26. The minimum absolute atomic E-state index is 0.156. The molecule has 4 heteroatoms. The highest BCUT2D eigenvalue weighted by Gasteiger charge is 2.40. The van der Waals surface area contributed by atoms with Crippen LogP contribution in [0.4, 0.5) is 4.39 Å². The van der Waals surface area contributed by atoms with E-state index in [1.165, 1.54) is 12.1 Å². The first-order valence-corrected chi connectivity index (χ1v) is 8.00. The van der Waals surface area contributed by atoms with Crippen molar-refractivity contribution >= 4 is 12.6 Å². The van der Waals surface area contributed by atoms with Gasteiger partial charge >= 0.3 is 0 Å². The molecule has 0 bridgehead atoms. The molecule has 2 rings (SSSR count). The highest BCUT2D eigenvalue weighted by atomic mass is 32.1.